The summed E-state index contributed by atoms with van der Waals surface area (Å²) in [5, 5.41) is 39.4. The molecule has 6 bridgehead atoms. The molecule has 2 aliphatic carbocycles. The first kappa shape index (κ1) is 37.5. The largest absolute Gasteiger partial charge is 0.504 e. The molecule has 6 aliphatic rings. The maximum absolute atomic E-state index is 11.8. The van der Waals surface area contributed by atoms with Gasteiger partial charge >= 0.3 is 0 Å². The lowest BCUT2D eigenvalue weighted by molar-refractivity contribution is -0.00200. The van der Waals surface area contributed by atoms with E-state index in [0.717, 1.165) is 96.8 Å². The van der Waals surface area contributed by atoms with Crippen LogP contribution in [0.1, 0.15) is 97.2 Å². The number of aromatic nitrogens is 1. The van der Waals surface area contributed by atoms with Gasteiger partial charge < -0.3 is 45.1 Å². The van der Waals surface area contributed by atoms with Crippen LogP contribution < -0.4 is 15.8 Å². The fourth-order valence-electron chi connectivity index (χ4n) is 10.7. The second kappa shape index (κ2) is 15.7. The molecule has 4 aliphatic heterocycles. The van der Waals surface area contributed by atoms with E-state index in [1.807, 2.05) is 6.08 Å². The van der Waals surface area contributed by atoms with Crippen LogP contribution in [0.5, 0.6) is 11.5 Å². The summed E-state index contributed by atoms with van der Waals surface area (Å²) < 4.78 is 21.9. The van der Waals surface area contributed by atoms with Gasteiger partial charge in [-0.2, -0.15) is 0 Å². The Morgan fingerprint density at radius 1 is 1.02 bits per heavy atom. The van der Waals surface area contributed by atoms with E-state index >= 15 is 0 Å². The van der Waals surface area contributed by atoms with Crippen molar-refractivity contribution >= 4 is 16.6 Å². The Hall–Kier alpha value is -4.12. The predicted octanol–water partition coefficient (Wildman–Crippen LogP) is 7.13. The molecule has 3 aromatic carbocycles. The molecule has 1 aromatic heterocycles. The van der Waals surface area contributed by atoms with Gasteiger partial charge in [0.15, 0.2) is 11.5 Å². The molecule has 1 fully saturated rings. The van der Waals surface area contributed by atoms with Crippen molar-refractivity contribution in [3.63, 3.8) is 0 Å². The van der Waals surface area contributed by atoms with Crippen LogP contribution in [0.2, 0.25) is 0 Å². The number of phenols is 1. The van der Waals surface area contributed by atoms with Crippen molar-refractivity contribution in [1.82, 2.24) is 9.88 Å². The van der Waals surface area contributed by atoms with Crippen LogP contribution >= 0.6 is 0 Å². The number of unbranched alkanes of at least 4 members (excludes halogenated alkanes) is 2. The third kappa shape index (κ3) is 6.75. The van der Waals surface area contributed by atoms with Gasteiger partial charge in [-0.3, -0.25) is 0 Å². The van der Waals surface area contributed by atoms with E-state index in [0.29, 0.717) is 49.7 Å². The number of ether oxygens (including phenoxy) is 3. The number of nitrogens with zero attached hydrogens (tertiary/aromatic N) is 1. The summed E-state index contributed by atoms with van der Waals surface area (Å²) in [6, 6.07) is 15.3. The first-order valence-electron chi connectivity index (χ1n) is 21.0. The van der Waals surface area contributed by atoms with Gasteiger partial charge in [-0.15, -0.1) is 0 Å². The molecular formula is C47H57N3O6. The Morgan fingerprint density at radius 3 is 2.79 bits per heavy atom. The minimum absolute atomic E-state index is 0.00281. The quantitative estimate of drug-likeness (QED) is 0.131. The number of dihydropyridines is 1. The van der Waals surface area contributed by atoms with Crippen molar-refractivity contribution in [3.8, 4) is 11.5 Å². The monoisotopic (exact) mass is 759 g/mol. The van der Waals surface area contributed by atoms with Crippen molar-refractivity contribution in [3.05, 3.63) is 112 Å². The van der Waals surface area contributed by atoms with Gasteiger partial charge in [0, 0.05) is 46.3 Å². The molecule has 6 N–H and O–H groups in total. The fraction of sp³-hybridized carbons (Fsp3) is 0.489. The van der Waals surface area contributed by atoms with E-state index < -0.39 is 6.10 Å². The standard InChI is InChI=1S/C47H57N3O6/c1-2-3-4-8-37-22-42(52)30-11-14-38-39(20-30)33(25-51)21-43(53)45(38)56-27-34-19-36(47-16-17-54-28-35(47)13-10-29-7-5-6-9-41(29)47)18-32-23-50(24-40(32)34)46-31(26-55-37)12-15-44(48)49-46/h5-7,9,12,15,18-19,21,23-24,30,35,37,42,44,49,51-53H,2-4,8,10-11,13-14,16-17,20,22,25-28,48H2,1H3/t30-,35-,37+,42+,44?,47-/m1/s1. The average molecular weight is 760 g/mol. The van der Waals surface area contributed by atoms with Crippen LogP contribution in [-0.4, -0.2) is 58.1 Å². The topological polar surface area (TPSA) is 131 Å². The normalized spacial score (nSPS) is 27.5. The molecule has 0 radical (unpaired) electrons. The third-order valence-electron chi connectivity index (χ3n) is 13.6. The molecule has 1 unspecified atom stereocenters. The van der Waals surface area contributed by atoms with Crippen molar-refractivity contribution in [2.75, 3.05) is 19.8 Å². The molecule has 0 spiro atoms. The molecular weight excluding hydrogens is 703 g/mol. The highest BCUT2D eigenvalue weighted by Gasteiger charge is 2.47. The maximum Gasteiger partial charge on any atom is 0.164 e. The molecule has 9 nitrogen and oxygen atoms in total. The van der Waals surface area contributed by atoms with Gasteiger partial charge in [0.05, 0.1) is 38.2 Å². The Morgan fingerprint density at radius 2 is 1.91 bits per heavy atom. The SMILES string of the molecule is CCCCC[C@H]1C[C@H](O)[C@@H]2CCc3c(c(CO)cc(O)c3OCc3cc([C@@]45CCOC[C@H]4CCc4ccccc45)cc4cn(cc34)C3=C(C=CC(N)N3)CO1)C2. The lowest BCUT2D eigenvalue weighted by Crippen LogP contribution is -2.47. The number of benzene rings is 3. The second-order valence-corrected chi connectivity index (χ2v) is 16.9. The molecule has 1 saturated heterocycles. The minimum atomic E-state index is -0.568. The second-order valence-electron chi connectivity index (χ2n) is 16.9. The molecule has 4 aromatic rings. The van der Waals surface area contributed by atoms with Gasteiger partial charge in [0.25, 0.3) is 0 Å². The minimum Gasteiger partial charge on any atom is -0.504 e. The van der Waals surface area contributed by atoms with Crippen molar-refractivity contribution in [1.29, 1.82) is 0 Å². The number of aryl methyl sites for hydroxylation is 1. The Bertz CT molecular complexity index is 2150. The molecule has 0 amide bonds. The lowest BCUT2D eigenvalue weighted by Gasteiger charge is -2.49. The zero-order valence-electron chi connectivity index (χ0n) is 32.6. The van der Waals surface area contributed by atoms with E-state index in [9.17, 15) is 15.3 Å². The van der Waals surface area contributed by atoms with E-state index in [1.54, 1.807) is 6.07 Å². The number of phenolic OH excluding ortho intramolecular Hbond substituents is 1. The molecule has 10 rings (SSSR count). The lowest BCUT2D eigenvalue weighted by atomic mass is 9.57. The first-order chi connectivity index (χ1) is 27.4. The van der Waals surface area contributed by atoms with E-state index in [-0.39, 0.29) is 42.6 Å². The number of hydrogen-bond acceptors (Lipinski definition) is 8. The Kier molecular flexibility index (Phi) is 10.5. The summed E-state index contributed by atoms with van der Waals surface area (Å²) in [5.74, 6) is 1.75. The average Bonchev–Trinajstić information content (AvgIpc) is 3.66. The van der Waals surface area contributed by atoms with Crippen molar-refractivity contribution in [2.24, 2.45) is 17.6 Å². The number of aromatic hydroxyl groups is 1. The van der Waals surface area contributed by atoms with Gasteiger partial charge in [0.1, 0.15) is 12.4 Å². The summed E-state index contributed by atoms with van der Waals surface area (Å²) in [5.41, 5.74) is 15.0. The smallest absolute Gasteiger partial charge is 0.164 e. The van der Waals surface area contributed by atoms with E-state index in [1.165, 1.54) is 16.7 Å². The van der Waals surface area contributed by atoms with Crippen molar-refractivity contribution < 1.29 is 29.5 Å². The third-order valence-corrected chi connectivity index (χ3v) is 13.6. The number of nitrogens with one attached hydrogen (secondary N) is 1. The van der Waals surface area contributed by atoms with Crippen LogP contribution in [0.3, 0.4) is 0 Å². The highest BCUT2D eigenvalue weighted by molar-refractivity contribution is 5.88. The van der Waals surface area contributed by atoms with Gasteiger partial charge in [-0.1, -0.05) is 62.6 Å². The zero-order valence-corrected chi connectivity index (χ0v) is 32.6. The number of rotatable bonds is 6. The summed E-state index contributed by atoms with van der Waals surface area (Å²) >= 11 is 0. The Balaban J connectivity index is 1.22. The molecule has 296 valence electrons. The number of nitrogens with two attached hydrogens (primary N) is 1. The summed E-state index contributed by atoms with van der Waals surface area (Å²) in [4.78, 5) is 0. The number of hydrogen-bond donors (Lipinski definition) is 5. The van der Waals surface area contributed by atoms with Crippen LogP contribution in [0.4, 0.5) is 0 Å². The molecule has 0 saturated carbocycles. The van der Waals surface area contributed by atoms with E-state index in [2.05, 4.69) is 71.7 Å². The Labute approximate surface area is 330 Å². The van der Waals surface area contributed by atoms with Crippen LogP contribution in [0.25, 0.3) is 16.6 Å². The van der Waals surface area contributed by atoms with Crippen LogP contribution in [-0.2, 0) is 47.4 Å². The van der Waals surface area contributed by atoms with Crippen LogP contribution in [0, 0.1) is 11.8 Å². The van der Waals surface area contributed by atoms with Gasteiger partial charge in [0.2, 0.25) is 0 Å². The summed E-state index contributed by atoms with van der Waals surface area (Å²) in [7, 11) is 0. The van der Waals surface area contributed by atoms with Gasteiger partial charge in [-0.05, 0) is 115 Å². The highest BCUT2D eigenvalue weighted by Crippen LogP contribution is 2.52. The van der Waals surface area contributed by atoms with E-state index in [4.69, 9.17) is 19.9 Å². The number of aliphatic hydroxyl groups is 2. The molecule has 9 heteroatoms. The number of fused-ring (bicyclic) bond motifs is 9. The molecule has 6 atom stereocenters. The zero-order chi connectivity index (χ0) is 38.4. The summed E-state index contributed by atoms with van der Waals surface area (Å²) in [6.07, 6.45) is 17.1. The summed E-state index contributed by atoms with van der Waals surface area (Å²) in [6.45, 7) is 4.09. The predicted molar refractivity (Wildman–Crippen MR) is 218 cm³/mol. The molecule has 5 heterocycles. The number of aliphatic hydroxyl groups excluding tert-OH is 2. The van der Waals surface area contributed by atoms with Crippen molar-refractivity contribution in [2.45, 2.75) is 115 Å². The highest BCUT2D eigenvalue weighted by atomic mass is 16.5. The van der Waals surface area contributed by atoms with Crippen LogP contribution in [0.15, 0.2) is 72.6 Å². The fourth-order valence-corrected chi connectivity index (χ4v) is 10.7. The van der Waals surface area contributed by atoms with Gasteiger partial charge in [-0.25, -0.2) is 0 Å². The maximum atomic E-state index is 11.8. The molecule has 56 heavy (non-hydrogen) atoms. The first-order valence-corrected chi connectivity index (χ1v) is 21.0.